The normalized spacial score (nSPS) is 11.6. The van der Waals surface area contributed by atoms with Gasteiger partial charge in [-0.3, -0.25) is 4.79 Å². The number of carbonyl (C=O) groups excluding carboxylic acids is 2. The summed E-state index contributed by atoms with van der Waals surface area (Å²) in [5.41, 5.74) is 0.340. The number of amides is 1. The summed E-state index contributed by atoms with van der Waals surface area (Å²) in [6.07, 6.45) is -0.907. The van der Waals surface area contributed by atoms with Gasteiger partial charge in [-0.05, 0) is 59.3 Å². The molecule has 0 saturated carbocycles. The van der Waals surface area contributed by atoms with Crippen LogP contribution in [0, 0.1) is 5.82 Å². The molecule has 1 atom stereocenters. The molecule has 2 aromatic carbocycles. The third kappa shape index (κ3) is 4.93. The van der Waals surface area contributed by atoms with Gasteiger partial charge in [0.15, 0.2) is 6.10 Å². The lowest BCUT2D eigenvalue weighted by molar-refractivity contribution is -0.122. The van der Waals surface area contributed by atoms with Crippen molar-refractivity contribution in [1.29, 1.82) is 0 Å². The predicted octanol–water partition coefficient (Wildman–Crippen LogP) is 4.43. The Bertz CT molecular complexity index is 815. The maximum absolute atomic E-state index is 13.7. The van der Waals surface area contributed by atoms with Crippen LogP contribution in [0.25, 0.3) is 0 Å². The van der Waals surface area contributed by atoms with Crippen LogP contribution in [0.4, 0.5) is 10.1 Å². The zero-order valence-electron chi connectivity index (χ0n) is 13.3. The van der Waals surface area contributed by atoms with Crippen LogP contribution in [0.5, 0.6) is 5.75 Å². The van der Waals surface area contributed by atoms with E-state index in [-0.39, 0.29) is 10.7 Å². The Morgan fingerprint density at radius 3 is 2.56 bits per heavy atom. The largest absolute Gasteiger partial charge is 0.480 e. The van der Waals surface area contributed by atoms with Crippen molar-refractivity contribution in [2.24, 2.45) is 0 Å². The summed E-state index contributed by atoms with van der Waals surface area (Å²) in [4.78, 5) is 23.6. The number of ether oxygens (including phenoxy) is 2. The second kappa shape index (κ2) is 8.31. The number of anilines is 1. The maximum Gasteiger partial charge on any atom is 0.337 e. The number of carbonyl (C=O) groups is 2. The lowest BCUT2D eigenvalue weighted by atomic mass is 10.2. The highest BCUT2D eigenvalue weighted by Crippen LogP contribution is 2.27. The van der Waals surface area contributed by atoms with Gasteiger partial charge in [0.1, 0.15) is 11.6 Å². The van der Waals surface area contributed by atoms with Crippen molar-refractivity contribution in [1.82, 2.24) is 0 Å². The standard InChI is InChI=1S/C17H14BrClFNO4/c1-9(16(22)21-14-5-4-11(19)8-13(14)20)25-15-6-3-10(7-12(15)18)17(23)24-2/h3-9H,1-2H3,(H,21,22). The molecule has 2 rings (SSSR count). The molecular weight excluding hydrogens is 417 g/mol. The Kier molecular flexibility index (Phi) is 6.39. The Morgan fingerprint density at radius 1 is 1.24 bits per heavy atom. The molecule has 0 bridgehead atoms. The van der Waals surface area contributed by atoms with Gasteiger partial charge in [0, 0.05) is 5.02 Å². The van der Waals surface area contributed by atoms with Crippen LogP contribution >= 0.6 is 27.5 Å². The van der Waals surface area contributed by atoms with E-state index in [1.165, 1.54) is 44.4 Å². The van der Waals surface area contributed by atoms with Crippen LogP contribution in [0.15, 0.2) is 40.9 Å². The summed E-state index contributed by atoms with van der Waals surface area (Å²) >= 11 is 8.94. The predicted molar refractivity (Wildman–Crippen MR) is 95.6 cm³/mol. The van der Waals surface area contributed by atoms with Crippen LogP contribution < -0.4 is 10.1 Å². The van der Waals surface area contributed by atoms with Crippen LogP contribution in [0.2, 0.25) is 5.02 Å². The van der Waals surface area contributed by atoms with Gasteiger partial charge in [-0.1, -0.05) is 11.6 Å². The van der Waals surface area contributed by atoms with Crippen molar-refractivity contribution in [3.05, 3.63) is 57.3 Å². The average Bonchev–Trinajstić information content (AvgIpc) is 2.58. The zero-order chi connectivity index (χ0) is 18.6. The fourth-order valence-corrected chi connectivity index (χ4v) is 2.54. The summed E-state index contributed by atoms with van der Waals surface area (Å²) in [6.45, 7) is 1.52. The van der Waals surface area contributed by atoms with Gasteiger partial charge >= 0.3 is 5.97 Å². The molecule has 0 aliphatic carbocycles. The highest BCUT2D eigenvalue weighted by molar-refractivity contribution is 9.10. The van der Waals surface area contributed by atoms with E-state index < -0.39 is 23.8 Å². The lowest BCUT2D eigenvalue weighted by Crippen LogP contribution is -2.30. The molecular formula is C17H14BrClFNO4. The summed E-state index contributed by atoms with van der Waals surface area (Å²) in [7, 11) is 1.28. The van der Waals surface area contributed by atoms with E-state index in [1.54, 1.807) is 0 Å². The van der Waals surface area contributed by atoms with Crippen molar-refractivity contribution in [3.63, 3.8) is 0 Å². The quantitative estimate of drug-likeness (QED) is 0.713. The molecule has 0 saturated heterocycles. The Hall–Kier alpha value is -2.12. The van der Waals surface area contributed by atoms with Crippen LogP contribution in [0.1, 0.15) is 17.3 Å². The van der Waals surface area contributed by atoms with E-state index in [0.717, 1.165) is 6.07 Å². The second-order valence-corrected chi connectivity index (χ2v) is 6.30. The van der Waals surface area contributed by atoms with Crippen molar-refractivity contribution < 1.29 is 23.5 Å². The summed E-state index contributed by atoms with van der Waals surface area (Å²) in [5, 5.41) is 2.66. The molecule has 0 aromatic heterocycles. The molecule has 2 aromatic rings. The van der Waals surface area contributed by atoms with E-state index >= 15 is 0 Å². The lowest BCUT2D eigenvalue weighted by Gasteiger charge is -2.16. The molecule has 0 aliphatic heterocycles. The monoisotopic (exact) mass is 429 g/mol. The van der Waals surface area contributed by atoms with Gasteiger partial charge in [-0.25, -0.2) is 9.18 Å². The number of halogens is 3. The van der Waals surface area contributed by atoms with E-state index in [0.29, 0.717) is 15.8 Å². The molecule has 132 valence electrons. The highest BCUT2D eigenvalue weighted by atomic mass is 79.9. The van der Waals surface area contributed by atoms with Crippen LogP contribution in [-0.2, 0) is 9.53 Å². The van der Waals surface area contributed by atoms with Crippen LogP contribution in [0.3, 0.4) is 0 Å². The molecule has 0 spiro atoms. The first kappa shape index (κ1) is 19.2. The van der Waals surface area contributed by atoms with Gasteiger partial charge in [0.2, 0.25) is 0 Å². The first-order chi connectivity index (χ1) is 11.8. The van der Waals surface area contributed by atoms with Crippen molar-refractivity contribution >= 4 is 45.1 Å². The van der Waals surface area contributed by atoms with Crippen LogP contribution in [-0.4, -0.2) is 25.1 Å². The second-order valence-electron chi connectivity index (χ2n) is 5.01. The molecule has 1 unspecified atom stereocenters. The Labute approximate surface area is 157 Å². The Morgan fingerprint density at radius 2 is 1.96 bits per heavy atom. The molecule has 0 radical (unpaired) electrons. The molecule has 0 heterocycles. The van der Waals surface area contributed by atoms with Gasteiger partial charge in [0.25, 0.3) is 5.91 Å². The molecule has 0 fully saturated rings. The van der Waals surface area contributed by atoms with Gasteiger partial charge < -0.3 is 14.8 Å². The SMILES string of the molecule is COC(=O)c1ccc(OC(C)C(=O)Nc2ccc(Cl)cc2F)c(Br)c1. The fourth-order valence-electron chi connectivity index (χ4n) is 1.91. The zero-order valence-corrected chi connectivity index (χ0v) is 15.7. The molecule has 0 aliphatic rings. The average molecular weight is 431 g/mol. The summed E-state index contributed by atoms with van der Waals surface area (Å²) in [6, 6.07) is 8.49. The van der Waals surface area contributed by atoms with E-state index in [9.17, 15) is 14.0 Å². The number of hydrogen-bond donors (Lipinski definition) is 1. The third-order valence-electron chi connectivity index (χ3n) is 3.21. The number of methoxy groups -OCH3 is 1. The minimum absolute atomic E-state index is 0.00459. The summed E-state index contributed by atoms with van der Waals surface area (Å²) < 4.78 is 24.4. The minimum Gasteiger partial charge on any atom is -0.480 e. The highest BCUT2D eigenvalue weighted by Gasteiger charge is 2.18. The van der Waals surface area contributed by atoms with Crippen molar-refractivity contribution in [2.75, 3.05) is 12.4 Å². The summed E-state index contributed by atoms with van der Waals surface area (Å²) in [5.74, 6) is -1.31. The van der Waals surface area contributed by atoms with Gasteiger partial charge in [0.05, 0.1) is 22.8 Å². The number of rotatable bonds is 5. The maximum atomic E-state index is 13.7. The topological polar surface area (TPSA) is 64.6 Å². The number of benzene rings is 2. The molecule has 5 nitrogen and oxygen atoms in total. The number of hydrogen-bond acceptors (Lipinski definition) is 4. The van der Waals surface area contributed by atoms with E-state index in [2.05, 4.69) is 26.0 Å². The smallest absolute Gasteiger partial charge is 0.337 e. The van der Waals surface area contributed by atoms with Gasteiger partial charge in [-0.2, -0.15) is 0 Å². The van der Waals surface area contributed by atoms with E-state index in [1.807, 2.05) is 0 Å². The molecule has 25 heavy (non-hydrogen) atoms. The first-order valence-corrected chi connectivity index (χ1v) is 8.29. The third-order valence-corrected chi connectivity index (χ3v) is 4.07. The molecule has 8 heteroatoms. The minimum atomic E-state index is -0.907. The Balaban J connectivity index is 2.07. The molecule has 1 N–H and O–H groups in total. The number of nitrogens with one attached hydrogen (secondary N) is 1. The molecule has 1 amide bonds. The van der Waals surface area contributed by atoms with Crippen molar-refractivity contribution in [3.8, 4) is 5.75 Å². The first-order valence-electron chi connectivity index (χ1n) is 7.12. The number of esters is 1. The van der Waals surface area contributed by atoms with Gasteiger partial charge in [-0.15, -0.1) is 0 Å². The fraction of sp³-hybridized carbons (Fsp3) is 0.176. The van der Waals surface area contributed by atoms with Crippen molar-refractivity contribution in [2.45, 2.75) is 13.0 Å². The van der Waals surface area contributed by atoms with E-state index in [4.69, 9.17) is 16.3 Å².